The summed E-state index contributed by atoms with van der Waals surface area (Å²) in [6.45, 7) is 12.9. The third-order valence-corrected chi connectivity index (χ3v) is 8.04. The van der Waals surface area contributed by atoms with Crippen LogP contribution in [-0.4, -0.2) is 41.5 Å². The summed E-state index contributed by atoms with van der Waals surface area (Å²) in [5.74, 6) is -0.526. The number of piperidine rings is 1. The van der Waals surface area contributed by atoms with Crippen LogP contribution in [0.15, 0.2) is 36.4 Å². The molecule has 0 aliphatic carbocycles. The molecule has 2 heterocycles. The Morgan fingerprint density at radius 3 is 2.32 bits per heavy atom. The number of primary amides is 1. The summed E-state index contributed by atoms with van der Waals surface area (Å²) in [6.07, 6.45) is 1.35. The number of hydrogen-bond acceptors (Lipinski definition) is 4. The minimum absolute atomic E-state index is 0.00391. The van der Waals surface area contributed by atoms with Gasteiger partial charge < -0.3 is 15.4 Å². The number of amides is 3. The molecule has 1 unspecified atom stereocenters. The second-order valence-corrected chi connectivity index (χ2v) is 11.9. The Morgan fingerprint density at radius 2 is 1.76 bits per heavy atom. The Kier molecular flexibility index (Phi) is 7.06. The first kappa shape index (κ1) is 27.0. The first-order valence-corrected chi connectivity index (χ1v) is 13.2. The van der Waals surface area contributed by atoms with Crippen molar-refractivity contribution < 1.29 is 19.1 Å². The number of ether oxygens (including phenoxy) is 1. The van der Waals surface area contributed by atoms with Gasteiger partial charge in [0, 0.05) is 13.1 Å². The molecule has 2 aromatic carbocycles. The van der Waals surface area contributed by atoms with Crippen LogP contribution in [-0.2, 0) is 14.9 Å². The van der Waals surface area contributed by atoms with Crippen molar-refractivity contribution >= 4 is 40.9 Å². The molecular weight excluding hydrogens is 490 g/mol. The number of hydrogen-bond donors (Lipinski definition) is 1. The molecule has 1 atom stereocenters. The van der Waals surface area contributed by atoms with E-state index in [-0.39, 0.29) is 34.4 Å². The third kappa shape index (κ3) is 4.81. The van der Waals surface area contributed by atoms with Crippen molar-refractivity contribution in [1.29, 1.82) is 0 Å². The lowest BCUT2D eigenvalue weighted by Crippen LogP contribution is -2.41. The largest absolute Gasteiger partial charge is 0.444 e. The average Bonchev–Trinajstić information content (AvgIpc) is 3.05. The molecule has 0 radical (unpaired) electrons. The van der Waals surface area contributed by atoms with Gasteiger partial charge in [-0.15, -0.1) is 0 Å². The molecule has 7 nitrogen and oxygen atoms in total. The van der Waals surface area contributed by atoms with Crippen molar-refractivity contribution in [2.24, 2.45) is 11.7 Å². The molecule has 4 rings (SSSR count). The van der Waals surface area contributed by atoms with E-state index in [9.17, 15) is 14.4 Å². The van der Waals surface area contributed by atoms with E-state index < -0.39 is 16.9 Å². The molecule has 2 aromatic rings. The Morgan fingerprint density at radius 1 is 1.11 bits per heavy atom. The van der Waals surface area contributed by atoms with E-state index in [1.165, 1.54) is 0 Å². The summed E-state index contributed by atoms with van der Waals surface area (Å²) in [5.41, 5.74) is 7.69. The summed E-state index contributed by atoms with van der Waals surface area (Å²) in [4.78, 5) is 42.1. The number of benzene rings is 2. The molecule has 2 aliphatic heterocycles. The SMILES string of the molecule is CC(C)C1(C)C(=O)N(c2cccc(Cl)c2C(N)=O)c2ccc(C3CCN(C(=O)OC(C)(C)C)CC3)cc21. The summed E-state index contributed by atoms with van der Waals surface area (Å²) in [6, 6.07) is 11.2. The summed E-state index contributed by atoms with van der Waals surface area (Å²) < 4.78 is 5.53. The van der Waals surface area contributed by atoms with Crippen molar-refractivity contribution in [2.75, 3.05) is 18.0 Å². The lowest BCUT2D eigenvalue weighted by Gasteiger charge is -2.34. The number of nitrogens with two attached hydrogens (primary N) is 1. The van der Waals surface area contributed by atoms with Crippen molar-refractivity contribution in [2.45, 2.75) is 71.3 Å². The van der Waals surface area contributed by atoms with Crippen LogP contribution in [0.3, 0.4) is 0 Å². The Hall–Kier alpha value is -3.06. The zero-order valence-electron chi connectivity index (χ0n) is 22.4. The Labute approximate surface area is 223 Å². The standard InChI is InChI=1S/C29H36ClN3O4/c1-17(2)29(6)20-16-19(18-12-14-32(15-13-18)27(36)37-28(3,4)5)10-11-22(20)33(26(29)35)23-9-7-8-21(30)24(23)25(31)34/h7-11,16-18H,12-15H2,1-6H3,(H2,31,34). The number of carbonyl (C=O) groups is 3. The Balaban J connectivity index is 1.68. The summed E-state index contributed by atoms with van der Waals surface area (Å²) >= 11 is 6.33. The molecule has 3 amide bonds. The third-order valence-electron chi connectivity index (χ3n) is 7.72. The van der Waals surface area contributed by atoms with Gasteiger partial charge in [0.1, 0.15) is 5.60 Å². The number of anilines is 2. The van der Waals surface area contributed by atoms with Crippen LogP contribution in [0, 0.1) is 5.92 Å². The van der Waals surface area contributed by atoms with Crippen molar-refractivity contribution in [3.63, 3.8) is 0 Å². The molecule has 2 N–H and O–H groups in total. The first-order valence-electron chi connectivity index (χ1n) is 12.8. The van der Waals surface area contributed by atoms with E-state index >= 15 is 0 Å². The number of carbonyl (C=O) groups excluding carboxylic acids is 3. The van der Waals surface area contributed by atoms with Crippen LogP contribution in [0.4, 0.5) is 16.2 Å². The molecule has 0 spiro atoms. The fourth-order valence-electron chi connectivity index (χ4n) is 5.34. The molecule has 37 heavy (non-hydrogen) atoms. The molecule has 0 saturated carbocycles. The molecule has 0 bridgehead atoms. The van der Waals surface area contributed by atoms with Gasteiger partial charge in [0.15, 0.2) is 0 Å². The summed E-state index contributed by atoms with van der Waals surface area (Å²) in [5, 5.41) is 0.214. The molecule has 0 aromatic heterocycles. The van der Waals surface area contributed by atoms with Gasteiger partial charge in [0.25, 0.3) is 5.91 Å². The molecule has 2 aliphatic rings. The Bertz CT molecular complexity index is 1240. The zero-order valence-corrected chi connectivity index (χ0v) is 23.2. The minimum Gasteiger partial charge on any atom is -0.444 e. The van der Waals surface area contributed by atoms with Crippen LogP contribution < -0.4 is 10.6 Å². The highest BCUT2D eigenvalue weighted by Gasteiger charge is 2.50. The monoisotopic (exact) mass is 525 g/mol. The molecular formula is C29H36ClN3O4. The van der Waals surface area contributed by atoms with Gasteiger partial charge in [-0.2, -0.15) is 0 Å². The lowest BCUT2D eigenvalue weighted by molar-refractivity contribution is -0.123. The second-order valence-electron chi connectivity index (χ2n) is 11.5. The second kappa shape index (κ2) is 9.67. The highest BCUT2D eigenvalue weighted by molar-refractivity contribution is 6.35. The molecule has 1 fully saturated rings. The normalized spacial score (nSPS) is 20.4. The van der Waals surface area contributed by atoms with E-state index in [1.807, 2.05) is 53.7 Å². The van der Waals surface area contributed by atoms with Crippen LogP contribution in [0.25, 0.3) is 0 Å². The quantitative estimate of drug-likeness (QED) is 0.518. The van der Waals surface area contributed by atoms with Gasteiger partial charge >= 0.3 is 6.09 Å². The molecule has 1 saturated heterocycles. The number of fused-ring (bicyclic) bond motifs is 1. The van der Waals surface area contributed by atoms with Crippen LogP contribution >= 0.6 is 11.6 Å². The van der Waals surface area contributed by atoms with Crippen molar-refractivity contribution in [3.05, 3.63) is 58.1 Å². The smallest absolute Gasteiger partial charge is 0.410 e. The topological polar surface area (TPSA) is 92.9 Å². The summed E-state index contributed by atoms with van der Waals surface area (Å²) in [7, 11) is 0. The highest BCUT2D eigenvalue weighted by Crippen LogP contribution is 2.51. The van der Waals surface area contributed by atoms with E-state index in [1.54, 1.807) is 28.0 Å². The van der Waals surface area contributed by atoms with Crippen molar-refractivity contribution in [1.82, 2.24) is 4.90 Å². The first-order chi connectivity index (χ1) is 17.3. The van der Waals surface area contributed by atoms with Gasteiger partial charge in [0.2, 0.25) is 5.91 Å². The van der Waals surface area contributed by atoms with Gasteiger partial charge in [-0.1, -0.05) is 43.6 Å². The number of rotatable bonds is 4. The van der Waals surface area contributed by atoms with Crippen LogP contribution in [0.2, 0.25) is 5.02 Å². The van der Waals surface area contributed by atoms with Crippen molar-refractivity contribution in [3.8, 4) is 0 Å². The van der Waals surface area contributed by atoms with E-state index in [0.29, 0.717) is 18.8 Å². The maximum absolute atomic E-state index is 14.0. The zero-order chi connectivity index (χ0) is 27.3. The highest BCUT2D eigenvalue weighted by atomic mass is 35.5. The van der Waals surface area contributed by atoms with E-state index in [0.717, 1.165) is 29.7 Å². The molecule has 8 heteroatoms. The van der Waals surface area contributed by atoms with E-state index in [2.05, 4.69) is 6.07 Å². The van der Waals surface area contributed by atoms with Crippen LogP contribution in [0.5, 0.6) is 0 Å². The maximum Gasteiger partial charge on any atom is 0.410 e. The predicted molar refractivity (Wildman–Crippen MR) is 146 cm³/mol. The fourth-order valence-corrected chi connectivity index (χ4v) is 5.60. The fraction of sp³-hybridized carbons (Fsp3) is 0.483. The minimum atomic E-state index is -0.792. The predicted octanol–water partition coefficient (Wildman–Crippen LogP) is 6.15. The van der Waals surface area contributed by atoms with Gasteiger partial charge in [-0.25, -0.2) is 4.79 Å². The number of halogens is 1. The van der Waals surface area contributed by atoms with E-state index in [4.69, 9.17) is 22.1 Å². The van der Waals surface area contributed by atoms with Crippen LogP contribution in [0.1, 0.15) is 81.8 Å². The number of likely N-dealkylation sites (tertiary alicyclic amines) is 1. The number of nitrogens with zero attached hydrogens (tertiary/aromatic N) is 2. The lowest BCUT2D eigenvalue weighted by atomic mass is 9.73. The maximum atomic E-state index is 14.0. The average molecular weight is 526 g/mol. The van der Waals surface area contributed by atoms with Gasteiger partial charge in [0.05, 0.1) is 27.4 Å². The molecule has 198 valence electrons. The van der Waals surface area contributed by atoms with Gasteiger partial charge in [-0.3, -0.25) is 14.5 Å². The van der Waals surface area contributed by atoms with Gasteiger partial charge in [-0.05, 0) is 81.7 Å².